The molecule has 6 atom stereocenters. The summed E-state index contributed by atoms with van der Waals surface area (Å²) in [5, 5.41) is 10.7. The Morgan fingerprint density at radius 3 is 2.44 bits per heavy atom. The van der Waals surface area contributed by atoms with Crippen LogP contribution in [0.1, 0.15) is 109 Å². The molecule has 6 unspecified atom stereocenters. The third-order valence-electron chi connectivity index (χ3n) is 9.65. The molecule has 1 heterocycles. The van der Waals surface area contributed by atoms with Crippen molar-refractivity contribution in [1.82, 2.24) is 0 Å². The Morgan fingerprint density at radius 1 is 1.09 bits per heavy atom. The number of hydrogen-bond acceptors (Lipinski definition) is 3. The molecule has 2 aliphatic carbocycles. The SMILES string of the molecule is CCc1ccc(C(O)CCCC(C)C2CCC3C(O[Si](CC)(CC)CC)CCCC23C)s1. The van der Waals surface area contributed by atoms with Crippen molar-refractivity contribution < 1.29 is 9.53 Å². The van der Waals surface area contributed by atoms with Crippen molar-refractivity contribution in [3.63, 3.8) is 0 Å². The minimum atomic E-state index is -1.54. The molecular formula is C28H50O2SSi. The van der Waals surface area contributed by atoms with Crippen LogP contribution in [0.15, 0.2) is 12.1 Å². The molecular weight excluding hydrogens is 428 g/mol. The van der Waals surface area contributed by atoms with Crippen LogP contribution in [0.4, 0.5) is 0 Å². The Bertz CT molecular complexity index is 691. The molecule has 2 nitrogen and oxygen atoms in total. The van der Waals surface area contributed by atoms with Crippen molar-refractivity contribution in [3.05, 3.63) is 21.9 Å². The van der Waals surface area contributed by atoms with Crippen molar-refractivity contribution in [3.8, 4) is 0 Å². The van der Waals surface area contributed by atoms with E-state index in [0.29, 0.717) is 11.5 Å². The lowest BCUT2D eigenvalue weighted by molar-refractivity contribution is -0.0205. The van der Waals surface area contributed by atoms with E-state index in [-0.39, 0.29) is 6.10 Å². The topological polar surface area (TPSA) is 29.5 Å². The molecule has 2 fully saturated rings. The zero-order valence-corrected chi connectivity index (χ0v) is 23.6. The summed E-state index contributed by atoms with van der Waals surface area (Å²) in [6.45, 7) is 14.4. The van der Waals surface area contributed by atoms with Gasteiger partial charge in [-0.15, -0.1) is 11.3 Å². The van der Waals surface area contributed by atoms with Gasteiger partial charge in [0.05, 0.1) is 6.10 Å². The molecule has 3 rings (SSSR count). The van der Waals surface area contributed by atoms with Crippen molar-refractivity contribution in [2.75, 3.05) is 0 Å². The molecule has 0 bridgehead atoms. The minimum absolute atomic E-state index is 0.276. The molecule has 1 N–H and O–H groups in total. The summed E-state index contributed by atoms with van der Waals surface area (Å²) < 4.78 is 7.11. The van der Waals surface area contributed by atoms with Crippen molar-refractivity contribution in [2.24, 2.45) is 23.2 Å². The van der Waals surface area contributed by atoms with Gasteiger partial charge in [-0.25, -0.2) is 0 Å². The molecule has 0 saturated heterocycles. The Morgan fingerprint density at radius 2 is 1.81 bits per heavy atom. The third-order valence-corrected chi connectivity index (χ3v) is 15.7. The van der Waals surface area contributed by atoms with Gasteiger partial charge in [0.2, 0.25) is 0 Å². The first-order valence-corrected chi connectivity index (χ1v) is 17.1. The number of aliphatic hydroxyl groups excluding tert-OH is 1. The van der Waals surface area contributed by atoms with Gasteiger partial charge >= 0.3 is 0 Å². The number of thiophene rings is 1. The average molecular weight is 479 g/mol. The average Bonchev–Trinajstić information content (AvgIpc) is 3.42. The second kappa shape index (κ2) is 11.5. The van der Waals surface area contributed by atoms with Gasteiger partial charge in [-0.3, -0.25) is 0 Å². The fraction of sp³-hybridized carbons (Fsp3) is 0.857. The lowest BCUT2D eigenvalue weighted by Crippen LogP contribution is -2.48. The maximum absolute atomic E-state index is 10.7. The molecule has 0 amide bonds. The first kappa shape index (κ1) is 26.4. The highest BCUT2D eigenvalue weighted by Gasteiger charge is 2.53. The van der Waals surface area contributed by atoms with E-state index in [4.69, 9.17) is 4.43 Å². The summed E-state index contributed by atoms with van der Waals surface area (Å²) in [5.41, 5.74) is 0.458. The van der Waals surface area contributed by atoms with Crippen LogP contribution in [-0.4, -0.2) is 19.5 Å². The summed E-state index contributed by atoms with van der Waals surface area (Å²) in [6.07, 6.45) is 11.4. The van der Waals surface area contributed by atoms with Gasteiger partial charge in [0, 0.05) is 15.9 Å². The van der Waals surface area contributed by atoms with E-state index in [1.807, 2.05) is 0 Å². The molecule has 1 aromatic rings. The van der Waals surface area contributed by atoms with Gasteiger partial charge in [0.15, 0.2) is 8.32 Å². The van der Waals surface area contributed by atoms with Crippen LogP contribution in [0.25, 0.3) is 0 Å². The smallest absolute Gasteiger partial charge is 0.192 e. The molecule has 32 heavy (non-hydrogen) atoms. The fourth-order valence-corrected chi connectivity index (χ4v) is 11.2. The first-order valence-electron chi connectivity index (χ1n) is 13.8. The van der Waals surface area contributed by atoms with Gasteiger partial charge in [-0.2, -0.15) is 0 Å². The van der Waals surface area contributed by atoms with Gasteiger partial charge in [-0.1, -0.05) is 60.8 Å². The second-order valence-electron chi connectivity index (χ2n) is 11.2. The normalized spacial score (nSPS) is 30.3. The van der Waals surface area contributed by atoms with Gasteiger partial charge < -0.3 is 9.53 Å². The molecule has 2 saturated carbocycles. The van der Waals surface area contributed by atoms with E-state index >= 15 is 0 Å². The highest BCUT2D eigenvalue weighted by Crippen LogP contribution is 2.59. The number of rotatable bonds is 12. The number of hydrogen-bond donors (Lipinski definition) is 1. The van der Waals surface area contributed by atoms with Crippen LogP contribution in [-0.2, 0) is 10.8 Å². The summed E-state index contributed by atoms with van der Waals surface area (Å²) >= 11 is 1.79. The lowest BCUT2D eigenvalue weighted by atomic mass is 9.61. The summed E-state index contributed by atoms with van der Waals surface area (Å²) in [4.78, 5) is 2.54. The largest absolute Gasteiger partial charge is 0.414 e. The maximum Gasteiger partial charge on any atom is 0.192 e. The Balaban J connectivity index is 1.57. The van der Waals surface area contributed by atoms with Gasteiger partial charge in [0.1, 0.15) is 0 Å². The quantitative estimate of drug-likeness (QED) is 0.304. The van der Waals surface area contributed by atoms with E-state index in [1.165, 1.54) is 61.5 Å². The van der Waals surface area contributed by atoms with Crippen molar-refractivity contribution >= 4 is 19.7 Å². The van der Waals surface area contributed by atoms with Crippen LogP contribution in [0, 0.1) is 23.2 Å². The third kappa shape index (κ3) is 5.55. The monoisotopic (exact) mass is 478 g/mol. The molecule has 0 spiro atoms. The highest BCUT2D eigenvalue weighted by atomic mass is 32.1. The predicted octanol–water partition coefficient (Wildman–Crippen LogP) is 8.76. The van der Waals surface area contributed by atoms with Crippen LogP contribution >= 0.6 is 11.3 Å². The lowest BCUT2D eigenvalue weighted by Gasteiger charge is -2.49. The molecule has 0 aliphatic heterocycles. The number of aliphatic hydroxyl groups is 1. The summed E-state index contributed by atoms with van der Waals surface area (Å²) in [5.74, 6) is 2.34. The highest BCUT2D eigenvalue weighted by molar-refractivity contribution is 7.12. The molecule has 2 aliphatic rings. The Labute approximate surface area is 203 Å². The predicted molar refractivity (Wildman–Crippen MR) is 142 cm³/mol. The summed E-state index contributed by atoms with van der Waals surface area (Å²) in [7, 11) is -1.54. The molecule has 184 valence electrons. The Hall–Kier alpha value is -0.163. The molecule has 0 radical (unpaired) electrons. The van der Waals surface area contributed by atoms with Crippen molar-refractivity contribution in [2.45, 2.75) is 130 Å². The van der Waals surface area contributed by atoms with Gasteiger partial charge in [-0.05, 0) is 92.0 Å². The van der Waals surface area contributed by atoms with Crippen molar-refractivity contribution in [1.29, 1.82) is 0 Å². The van der Waals surface area contributed by atoms with Gasteiger partial charge in [0.25, 0.3) is 0 Å². The van der Waals surface area contributed by atoms with E-state index in [1.54, 1.807) is 11.3 Å². The summed E-state index contributed by atoms with van der Waals surface area (Å²) in [6, 6.07) is 8.12. The van der Waals surface area contributed by atoms with Crippen LogP contribution in [0.5, 0.6) is 0 Å². The maximum atomic E-state index is 10.7. The van der Waals surface area contributed by atoms with E-state index in [0.717, 1.165) is 41.9 Å². The van der Waals surface area contributed by atoms with Crippen LogP contribution < -0.4 is 0 Å². The number of aryl methyl sites for hydroxylation is 1. The van der Waals surface area contributed by atoms with E-state index in [2.05, 4.69) is 53.7 Å². The minimum Gasteiger partial charge on any atom is -0.414 e. The zero-order chi connectivity index (χ0) is 23.4. The Kier molecular flexibility index (Phi) is 9.51. The first-order chi connectivity index (χ1) is 15.3. The molecule has 0 aromatic carbocycles. The molecule has 1 aromatic heterocycles. The van der Waals surface area contributed by atoms with Crippen LogP contribution in [0.3, 0.4) is 0 Å². The fourth-order valence-electron chi connectivity index (χ4n) is 7.30. The number of fused-ring (bicyclic) bond motifs is 1. The molecule has 4 heteroatoms. The standard InChI is InChI=1S/C28H50O2SSi/c1-7-22-16-19-27(31-22)25(29)14-11-13-21(5)23-17-18-24-26(15-12-20-28(23,24)6)30-32(8-2,9-3)10-4/h16,19,21,23-26,29H,7-15,17-18,20H2,1-6H3. The zero-order valence-electron chi connectivity index (χ0n) is 21.8. The second-order valence-corrected chi connectivity index (χ2v) is 17.1. The van der Waals surface area contributed by atoms with Crippen LogP contribution in [0.2, 0.25) is 18.1 Å². The van der Waals surface area contributed by atoms with E-state index < -0.39 is 8.32 Å². The van der Waals surface area contributed by atoms with E-state index in [9.17, 15) is 5.11 Å².